The van der Waals surface area contributed by atoms with Gasteiger partial charge in [-0.3, -0.25) is 0 Å². The minimum Gasteiger partial charge on any atom is -0.338 e. The summed E-state index contributed by atoms with van der Waals surface area (Å²) in [4.78, 5) is 20.8. The van der Waals surface area contributed by atoms with Gasteiger partial charge in [-0.15, -0.1) is 22.7 Å². The quantitative estimate of drug-likeness (QED) is 0.936. The van der Waals surface area contributed by atoms with E-state index < -0.39 is 0 Å². The van der Waals surface area contributed by atoms with E-state index in [2.05, 4.69) is 27.8 Å². The minimum atomic E-state index is 0.0828. The maximum absolute atomic E-state index is 11.9. The number of urea groups is 1. The number of thiophene rings is 1. The Morgan fingerprint density at radius 3 is 2.90 bits per heavy atom. The molecular weight excluding hydrogens is 302 g/mol. The van der Waals surface area contributed by atoms with Crippen LogP contribution in [0.25, 0.3) is 10.6 Å². The number of aryl methyl sites for hydroxylation is 1. The van der Waals surface area contributed by atoms with Gasteiger partial charge in [0, 0.05) is 29.9 Å². The number of nitrogens with one attached hydrogen (secondary N) is 1. The van der Waals surface area contributed by atoms with Crippen LogP contribution in [-0.2, 0) is 6.42 Å². The van der Waals surface area contributed by atoms with Gasteiger partial charge in [0.2, 0.25) is 0 Å². The Kier molecular flexibility index (Phi) is 4.55. The molecule has 1 N–H and O–H groups in total. The summed E-state index contributed by atoms with van der Waals surface area (Å²) in [7, 11) is 0. The van der Waals surface area contributed by atoms with Crippen molar-refractivity contribution in [2.24, 2.45) is 0 Å². The van der Waals surface area contributed by atoms with Crippen LogP contribution in [0.4, 0.5) is 4.79 Å². The topological polar surface area (TPSA) is 45.2 Å². The first-order valence-corrected chi connectivity index (χ1v) is 8.96. The molecule has 3 heterocycles. The predicted molar refractivity (Wildman–Crippen MR) is 88.1 cm³/mol. The highest BCUT2D eigenvalue weighted by Crippen LogP contribution is 2.29. The van der Waals surface area contributed by atoms with E-state index in [0.29, 0.717) is 6.54 Å². The van der Waals surface area contributed by atoms with Gasteiger partial charge in [-0.2, -0.15) is 0 Å². The van der Waals surface area contributed by atoms with Gasteiger partial charge in [-0.1, -0.05) is 0 Å². The lowest BCUT2D eigenvalue weighted by Crippen LogP contribution is -2.38. The zero-order chi connectivity index (χ0) is 14.7. The molecule has 4 nitrogen and oxygen atoms in total. The van der Waals surface area contributed by atoms with E-state index in [-0.39, 0.29) is 6.03 Å². The molecule has 0 bridgehead atoms. The van der Waals surface area contributed by atoms with E-state index in [0.717, 1.165) is 43.1 Å². The molecular formula is C15H19N3OS2. The second kappa shape index (κ2) is 6.58. The number of carbonyl (C=O) groups excluding carboxylic acids is 1. The van der Waals surface area contributed by atoms with Gasteiger partial charge < -0.3 is 10.2 Å². The van der Waals surface area contributed by atoms with Crippen LogP contribution >= 0.6 is 22.7 Å². The molecule has 2 aromatic rings. The molecule has 0 aliphatic carbocycles. The maximum atomic E-state index is 11.9. The molecule has 0 spiro atoms. The second-order valence-corrected chi connectivity index (χ2v) is 7.42. The molecule has 112 valence electrons. The van der Waals surface area contributed by atoms with Crippen molar-refractivity contribution in [3.63, 3.8) is 0 Å². The predicted octanol–water partition coefficient (Wildman–Crippen LogP) is 3.53. The highest BCUT2D eigenvalue weighted by atomic mass is 32.1. The van der Waals surface area contributed by atoms with Gasteiger partial charge in [0.05, 0.1) is 15.6 Å². The Balaban J connectivity index is 1.49. The van der Waals surface area contributed by atoms with E-state index in [9.17, 15) is 4.79 Å². The average Bonchev–Trinajstić information content (AvgIpc) is 3.19. The fourth-order valence-corrected chi connectivity index (χ4v) is 4.11. The lowest BCUT2D eigenvalue weighted by Gasteiger charge is -2.15. The Morgan fingerprint density at radius 1 is 1.38 bits per heavy atom. The average molecular weight is 321 g/mol. The summed E-state index contributed by atoms with van der Waals surface area (Å²) in [6, 6.07) is 4.34. The molecule has 2 aromatic heterocycles. The van der Waals surface area contributed by atoms with E-state index >= 15 is 0 Å². The SMILES string of the molecule is Cc1nc(-c2ccc(CCNC(=O)N3CCCC3)s2)cs1. The fourth-order valence-electron chi connectivity index (χ4n) is 2.45. The van der Waals surface area contributed by atoms with E-state index in [1.807, 2.05) is 11.8 Å². The molecule has 0 unspecified atom stereocenters. The Hall–Kier alpha value is -1.40. The van der Waals surface area contributed by atoms with E-state index in [1.165, 1.54) is 9.75 Å². The van der Waals surface area contributed by atoms with Crippen molar-refractivity contribution in [3.8, 4) is 10.6 Å². The van der Waals surface area contributed by atoms with Crippen molar-refractivity contribution in [2.75, 3.05) is 19.6 Å². The largest absolute Gasteiger partial charge is 0.338 e. The zero-order valence-electron chi connectivity index (χ0n) is 12.1. The van der Waals surface area contributed by atoms with Gasteiger partial charge in [-0.25, -0.2) is 9.78 Å². The number of rotatable bonds is 4. The van der Waals surface area contributed by atoms with Crippen molar-refractivity contribution in [3.05, 3.63) is 27.4 Å². The third-order valence-electron chi connectivity index (χ3n) is 3.57. The van der Waals surface area contributed by atoms with Crippen LogP contribution in [0, 0.1) is 6.92 Å². The van der Waals surface area contributed by atoms with Crippen molar-refractivity contribution in [1.82, 2.24) is 15.2 Å². The Bertz CT molecular complexity index is 614. The first-order valence-electron chi connectivity index (χ1n) is 7.26. The molecule has 1 saturated heterocycles. The van der Waals surface area contributed by atoms with Crippen molar-refractivity contribution in [2.45, 2.75) is 26.2 Å². The summed E-state index contributed by atoms with van der Waals surface area (Å²) < 4.78 is 0. The Labute approximate surface area is 132 Å². The normalized spacial score (nSPS) is 14.6. The summed E-state index contributed by atoms with van der Waals surface area (Å²) in [5.74, 6) is 0. The number of hydrogen-bond acceptors (Lipinski definition) is 4. The molecule has 0 aromatic carbocycles. The molecule has 0 atom stereocenters. The third-order valence-corrected chi connectivity index (χ3v) is 5.52. The van der Waals surface area contributed by atoms with Crippen LogP contribution in [0.3, 0.4) is 0 Å². The first kappa shape index (κ1) is 14.5. The molecule has 0 saturated carbocycles. The van der Waals surface area contributed by atoms with Gasteiger partial charge in [0.15, 0.2) is 0 Å². The van der Waals surface area contributed by atoms with E-state index in [1.54, 1.807) is 22.7 Å². The highest BCUT2D eigenvalue weighted by molar-refractivity contribution is 7.16. The fraction of sp³-hybridized carbons (Fsp3) is 0.467. The summed E-state index contributed by atoms with van der Waals surface area (Å²) in [5, 5.41) is 6.20. The number of carbonyl (C=O) groups is 1. The van der Waals surface area contributed by atoms with Gasteiger partial charge in [0.25, 0.3) is 0 Å². The van der Waals surface area contributed by atoms with Crippen LogP contribution in [0.5, 0.6) is 0 Å². The Morgan fingerprint density at radius 2 is 2.19 bits per heavy atom. The number of thiazole rings is 1. The van der Waals surface area contributed by atoms with Gasteiger partial charge >= 0.3 is 6.03 Å². The van der Waals surface area contributed by atoms with Crippen molar-refractivity contribution in [1.29, 1.82) is 0 Å². The van der Waals surface area contributed by atoms with Crippen LogP contribution in [0.1, 0.15) is 22.7 Å². The van der Waals surface area contributed by atoms with Crippen molar-refractivity contribution < 1.29 is 4.79 Å². The smallest absolute Gasteiger partial charge is 0.317 e. The lowest BCUT2D eigenvalue weighted by atomic mass is 10.3. The summed E-state index contributed by atoms with van der Waals surface area (Å²) >= 11 is 3.44. The molecule has 0 radical (unpaired) electrons. The highest BCUT2D eigenvalue weighted by Gasteiger charge is 2.17. The number of amides is 2. The number of aromatic nitrogens is 1. The minimum absolute atomic E-state index is 0.0828. The standard InChI is InChI=1S/C15H19N3OS2/c1-11-17-13(10-20-11)14-5-4-12(21-14)6-7-16-15(19)18-8-2-3-9-18/h4-5,10H,2-3,6-9H2,1H3,(H,16,19). The summed E-state index contributed by atoms with van der Waals surface area (Å²) in [6.45, 7) is 4.53. The van der Waals surface area contributed by atoms with Crippen LogP contribution < -0.4 is 5.32 Å². The molecule has 1 fully saturated rings. The zero-order valence-corrected chi connectivity index (χ0v) is 13.7. The number of likely N-dealkylation sites (tertiary alicyclic amines) is 1. The molecule has 21 heavy (non-hydrogen) atoms. The van der Waals surface area contributed by atoms with Crippen LogP contribution in [0.2, 0.25) is 0 Å². The summed E-state index contributed by atoms with van der Waals surface area (Å²) in [6.07, 6.45) is 3.15. The van der Waals surface area contributed by atoms with Gasteiger partial charge in [-0.05, 0) is 38.3 Å². The van der Waals surface area contributed by atoms with Crippen LogP contribution in [-0.4, -0.2) is 35.5 Å². The molecule has 3 rings (SSSR count). The third kappa shape index (κ3) is 3.63. The van der Waals surface area contributed by atoms with Crippen molar-refractivity contribution >= 4 is 28.7 Å². The second-order valence-electron chi connectivity index (χ2n) is 5.19. The molecule has 1 aliphatic rings. The number of nitrogens with zero attached hydrogens (tertiary/aromatic N) is 2. The molecule has 2 amide bonds. The monoisotopic (exact) mass is 321 g/mol. The van der Waals surface area contributed by atoms with Crippen LogP contribution in [0.15, 0.2) is 17.5 Å². The molecule has 1 aliphatic heterocycles. The van der Waals surface area contributed by atoms with Gasteiger partial charge in [0.1, 0.15) is 0 Å². The van der Waals surface area contributed by atoms with E-state index in [4.69, 9.17) is 0 Å². The lowest BCUT2D eigenvalue weighted by molar-refractivity contribution is 0.209. The first-order chi connectivity index (χ1) is 10.2. The summed E-state index contributed by atoms with van der Waals surface area (Å²) in [5.41, 5.74) is 1.06. The molecule has 6 heteroatoms. The maximum Gasteiger partial charge on any atom is 0.317 e. The number of hydrogen-bond donors (Lipinski definition) is 1.